The van der Waals surface area contributed by atoms with E-state index in [4.69, 9.17) is 23.8 Å². The van der Waals surface area contributed by atoms with Crippen LogP contribution in [0.1, 0.15) is 18.7 Å². The molecule has 0 atom stereocenters. The van der Waals surface area contributed by atoms with Gasteiger partial charge in [-0.15, -0.1) is 11.3 Å². The summed E-state index contributed by atoms with van der Waals surface area (Å²) in [7, 11) is 0. The van der Waals surface area contributed by atoms with Crippen LogP contribution in [-0.4, -0.2) is 9.55 Å². The number of hydrogen-bond donors (Lipinski definition) is 1. The van der Waals surface area contributed by atoms with Gasteiger partial charge < -0.3 is 9.55 Å². The van der Waals surface area contributed by atoms with Gasteiger partial charge in [0.1, 0.15) is 0 Å². The number of aromatic amines is 1. The highest BCUT2D eigenvalue weighted by molar-refractivity contribution is 7.71. The number of benzene rings is 1. The zero-order chi connectivity index (χ0) is 14.3. The van der Waals surface area contributed by atoms with Gasteiger partial charge in [0.05, 0.1) is 11.0 Å². The number of nitrogens with one attached hydrogen (secondary N) is 1. The summed E-state index contributed by atoms with van der Waals surface area (Å²) in [4.78, 5) is 4.60. The van der Waals surface area contributed by atoms with Gasteiger partial charge in [-0.05, 0) is 41.9 Å². The molecule has 3 aromatic rings. The second kappa shape index (κ2) is 5.02. The summed E-state index contributed by atoms with van der Waals surface area (Å²) in [6.45, 7) is 5.31. The van der Waals surface area contributed by atoms with E-state index in [0.29, 0.717) is 0 Å². The van der Waals surface area contributed by atoms with Crippen molar-refractivity contribution in [1.29, 1.82) is 0 Å². The zero-order valence-corrected chi connectivity index (χ0v) is 13.7. The fraction of sp³-hybridized carbons (Fsp3) is 0.267. The van der Waals surface area contributed by atoms with E-state index in [1.807, 2.05) is 18.2 Å². The molecule has 0 aliphatic carbocycles. The summed E-state index contributed by atoms with van der Waals surface area (Å²) in [6, 6.07) is 10.1. The Morgan fingerprint density at radius 1 is 1.35 bits per heavy atom. The topological polar surface area (TPSA) is 20.7 Å². The lowest BCUT2D eigenvalue weighted by Crippen LogP contribution is -2.23. The smallest absolute Gasteiger partial charge is 0.178 e. The highest BCUT2D eigenvalue weighted by Crippen LogP contribution is 2.31. The average Bonchev–Trinajstić information content (AvgIpc) is 3.00. The lowest BCUT2D eigenvalue weighted by atomic mass is 9.91. The molecule has 3 rings (SSSR count). The van der Waals surface area contributed by atoms with Crippen LogP contribution in [0.5, 0.6) is 0 Å². The van der Waals surface area contributed by atoms with Crippen LogP contribution in [0, 0.1) is 4.77 Å². The van der Waals surface area contributed by atoms with E-state index in [1.165, 1.54) is 4.88 Å². The first-order chi connectivity index (χ1) is 9.47. The Kier molecular flexibility index (Phi) is 3.48. The Balaban J connectivity index is 2.09. The van der Waals surface area contributed by atoms with Crippen LogP contribution in [0.15, 0.2) is 35.7 Å². The zero-order valence-electron chi connectivity index (χ0n) is 11.3. The predicted octanol–water partition coefficient (Wildman–Crippen LogP) is 5.39. The minimum absolute atomic E-state index is 0.0316. The first-order valence-corrected chi connectivity index (χ1v) is 8.06. The van der Waals surface area contributed by atoms with Crippen molar-refractivity contribution in [3.05, 3.63) is 50.4 Å². The van der Waals surface area contributed by atoms with Crippen molar-refractivity contribution in [2.75, 3.05) is 0 Å². The van der Waals surface area contributed by atoms with Gasteiger partial charge >= 0.3 is 0 Å². The SMILES string of the molecule is CC(C)(Cn1c(=S)[nH]c2ccc(Cl)cc21)c1cccs1. The van der Waals surface area contributed by atoms with E-state index in [-0.39, 0.29) is 5.41 Å². The molecule has 2 heterocycles. The van der Waals surface area contributed by atoms with Gasteiger partial charge in [0.15, 0.2) is 4.77 Å². The normalized spacial score (nSPS) is 12.2. The van der Waals surface area contributed by atoms with Gasteiger partial charge in [0, 0.05) is 21.9 Å². The molecule has 0 saturated heterocycles. The third kappa shape index (κ3) is 2.43. The minimum atomic E-state index is 0.0316. The molecule has 0 fully saturated rings. The Hall–Kier alpha value is -1.10. The van der Waals surface area contributed by atoms with E-state index in [0.717, 1.165) is 27.4 Å². The summed E-state index contributed by atoms with van der Waals surface area (Å²) < 4.78 is 2.88. The second-order valence-electron chi connectivity index (χ2n) is 5.54. The standard InChI is InChI=1S/C15H15ClN2S2/c1-15(2,13-4-3-7-20-13)9-18-12-8-10(16)5-6-11(12)17-14(18)19/h3-8H,9H2,1-2H3,(H,17,19). The molecule has 0 amide bonds. The molecule has 2 nitrogen and oxygen atoms in total. The third-order valence-electron chi connectivity index (χ3n) is 3.48. The lowest BCUT2D eigenvalue weighted by Gasteiger charge is -2.24. The van der Waals surface area contributed by atoms with E-state index < -0.39 is 0 Å². The number of halogens is 1. The molecule has 0 aliphatic rings. The number of nitrogens with zero attached hydrogens (tertiary/aromatic N) is 1. The van der Waals surface area contributed by atoms with Crippen LogP contribution in [0.4, 0.5) is 0 Å². The van der Waals surface area contributed by atoms with E-state index >= 15 is 0 Å². The maximum atomic E-state index is 6.11. The number of aromatic nitrogens is 2. The van der Waals surface area contributed by atoms with Crippen LogP contribution < -0.4 is 0 Å². The Labute approximate surface area is 132 Å². The number of thiophene rings is 1. The number of hydrogen-bond acceptors (Lipinski definition) is 2. The van der Waals surface area contributed by atoms with Crippen molar-refractivity contribution in [2.45, 2.75) is 25.8 Å². The van der Waals surface area contributed by atoms with Crippen molar-refractivity contribution in [2.24, 2.45) is 0 Å². The highest BCUT2D eigenvalue weighted by Gasteiger charge is 2.23. The van der Waals surface area contributed by atoms with Gasteiger partial charge in [-0.3, -0.25) is 0 Å². The average molecular weight is 323 g/mol. The van der Waals surface area contributed by atoms with E-state index in [9.17, 15) is 0 Å². The molecule has 1 aromatic carbocycles. The molecule has 0 unspecified atom stereocenters. The molecule has 0 aliphatic heterocycles. The Morgan fingerprint density at radius 2 is 2.15 bits per heavy atom. The molecule has 0 radical (unpaired) electrons. The molecule has 5 heteroatoms. The first kappa shape index (κ1) is 13.9. The quantitative estimate of drug-likeness (QED) is 0.641. The van der Waals surface area contributed by atoms with Crippen molar-refractivity contribution in [3.63, 3.8) is 0 Å². The fourth-order valence-electron chi connectivity index (χ4n) is 2.42. The molecule has 0 spiro atoms. The van der Waals surface area contributed by atoms with Gasteiger partial charge in [0.25, 0.3) is 0 Å². The molecule has 2 aromatic heterocycles. The van der Waals surface area contributed by atoms with Crippen LogP contribution in [0.25, 0.3) is 11.0 Å². The van der Waals surface area contributed by atoms with Crippen LogP contribution in [0.2, 0.25) is 5.02 Å². The molecule has 0 saturated carbocycles. The largest absolute Gasteiger partial charge is 0.331 e. The summed E-state index contributed by atoms with van der Waals surface area (Å²) in [5.74, 6) is 0. The van der Waals surface area contributed by atoms with Crippen molar-refractivity contribution >= 4 is 46.2 Å². The molecule has 104 valence electrons. The molecular formula is C15H15ClN2S2. The van der Waals surface area contributed by atoms with Gasteiger partial charge in [-0.2, -0.15) is 0 Å². The van der Waals surface area contributed by atoms with Crippen LogP contribution >= 0.6 is 35.2 Å². The molecule has 20 heavy (non-hydrogen) atoms. The van der Waals surface area contributed by atoms with Crippen molar-refractivity contribution in [3.8, 4) is 0 Å². The fourth-order valence-corrected chi connectivity index (χ4v) is 3.70. The summed E-state index contributed by atoms with van der Waals surface area (Å²) in [5, 5.41) is 2.84. The maximum Gasteiger partial charge on any atom is 0.178 e. The Bertz CT molecular complexity index is 797. The number of rotatable bonds is 3. The monoisotopic (exact) mass is 322 g/mol. The highest BCUT2D eigenvalue weighted by atomic mass is 35.5. The van der Waals surface area contributed by atoms with Gasteiger partial charge in [-0.25, -0.2) is 0 Å². The maximum absolute atomic E-state index is 6.11. The van der Waals surface area contributed by atoms with Crippen molar-refractivity contribution < 1.29 is 0 Å². The van der Waals surface area contributed by atoms with Crippen LogP contribution in [-0.2, 0) is 12.0 Å². The minimum Gasteiger partial charge on any atom is -0.331 e. The lowest BCUT2D eigenvalue weighted by molar-refractivity contribution is 0.447. The summed E-state index contributed by atoms with van der Waals surface area (Å²) >= 11 is 13.4. The third-order valence-corrected chi connectivity index (χ3v) is 5.27. The summed E-state index contributed by atoms with van der Waals surface area (Å²) in [6.07, 6.45) is 0. The molecular weight excluding hydrogens is 308 g/mol. The molecule has 1 N–H and O–H groups in total. The van der Waals surface area contributed by atoms with Gasteiger partial charge in [0.2, 0.25) is 0 Å². The van der Waals surface area contributed by atoms with E-state index in [2.05, 4.69) is 40.9 Å². The number of imidazole rings is 1. The predicted molar refractivity (Wildman–Crippen MR) is 89.5 cm³/mol. The number of H-pyrrole nitrogens is 1. The first-order valence-electron chi connectivity index (χ1n) is 6.39. The Morgan fingerprint density at radius 3 is 2.85 bits per heavy atom. The molecule has 0 bridgehead atoms. The van der Waals surface area contributed by atoms with Crippen LogP contribution in [0.3, 0.4) is 0 Å². The summed E-state index contributed by atoms with van der Waals surface area (Å²) in [5.41, 5.74) is 2.12. The van der Waals surface area contributed by atoms with Crippen molar-refractivity contribution in [1.82, 2.24) is 9.55 Å². The van der Waals surface area contributed by atoms with E-state index in [1.54, 1.807) is 11.3 Å². The van der Waals surface area contributed by atoms with Gasteiger partial charge in [-0.1, -0.05) is 31.5 Å². The number of fused-ring (bicyclic) bond motifs is 1. The second-order valence-corrected chi connectivity index (χ2v) is 7.31.